The van der Waals surface area contributed by atoms with Crippen LogP contribution in [0.2, 0.25) is 0 Å². The molecule has 0 fully saturated rings. The molecule has 2 rings (SSSR count). The predicted molar refractivity (Wildman–Crippen MR) is 73.3 cm³/mol. The summed E-state index contributed by atoms with van der Waals surface area (Å²) in [4.78, 5) is 10.9. The predicted octanol–water partition coefficient (Wildman–Crippen LogP) is 1.96. The van der Waals surface area contributed by atoms with Gasteiger partial charge in [0.2, 0.25) is 0 Å². The van der Waals surface area contributed by atoms with Crippen LogP contribution in [-0.4, -0.2) is 24.4 Å². The first-order valence-electron chi connectivity index (χ1n) is 5.69. The molecule has 0 aliphatic heterocycles. The average molecular weight is 258 g/mol. The zero-order valence-corrected chi connectivity index (χ0v) is 10.7. The molecule has 0 aliphatic rings. The number of nitrogens with one attached hydrogen (secondary N) is 1. The molecule has 0 aliphatic carbocycles. The number of methoxy groups -OCH3 is 2. The van der Waals surface area contributed by atoms with E-state index in [2.05, 4.69) is 10.2 Å². The number of nitrogens with zero attached hydrogens (tertiary/aromatic N) is 1. The van der Waals surface area contributed by atoms with Crippen LogP contribution in [0.3, 0.4) is 0 Å². The lowest BCUT2D eigenvalue weighted by Crippen LogP contribution is -2.05. The number of hydrogen-bond donors (Lipinski definition) is 1. The molecule has 1 aromatic carbocycles. The minimum Gasteiger partial charge on any atom is -0.497 e. The number of rotatable bonds is 4. The third-order valence-corrected chi connectivity index (χ3v) is 2.57. The maximum atomic E-state index is 10.9. The molecule has 0 atom stereocenters. The van der Waals surface area contributed by atoms with E-state index in [9.17, 15) is 4.79 Å². The molecule has 0 saturated heterocycles. The van der Waals surface area contributed by atoms with E-state index in [1.54, 1.807) is 32.4 Å². The Hall–Kier alpha value is -2.56. The van der Waals surface area contributed by atoms with Gasteiger partial charge in [0, 0.05) is 17.7 Å². The van der Waals surface area contributed by atoms with Gasteiger partial charge in [0.15, 0.2) is 0 Å². The van der Waals surface area contributed by atoms with Crippen LogP contribution in [0.5, 0.6) is 11.5 Å². The van der Waals surface area contributed by atoms with Crippen LogP contribution in [0.1, 0.15) is 11.3 Å². The Kier molecular flexibility index (Phi) is 3.97. The van der Waals surface area contributed by atoms with Crippen LogP contribution < -0.4 is 15.0 Å². The van der Waals surface area contributed by atoms with Crippen molar-refractivity contribution < 1.29 is 9.47 Å². The van der Waals surface area contributed by atoms with Crippen molar-refractivity contribution in [3.8, 4) is 11.5 Å². The van der Waals surface area contributed by atoms with Gasteiger partial charge >= 0.3 is 0 Å². The first-order valence-corrected chi connectivity index (χ1v) is 5.69. The van der Waals surface area contributed by atoms with Crippen LogP contribution in [-0.2, 0) is 0 Å². The molecule has 19 heavy (non-hydrogen) atoms. The van der Waals surface area contributed by atoms with Gasteiger partial charge < -0.3 is 9.47 Å². The summed E-state index contributed by atoms with van der Waals surface area (Å²) in [6.07, 6.45) is 3.65. The monoisotopic (exact) mass is 258 g/mol. The molecule has 98 valence electrons. The minimum atomic E-state index is -0.223. The first-order chi connectivity index (χ1) is 9.22. The number of hydrogen-bond acceptors (Lipinski definition) is 4. The fourth-order valence-electron chi connectivity index (χ4n) is 1.58. The van der Waals surface area contributed by atoms with E-state index >= 15 is 0 Å². The second kappa shape index (κ2) is 5.86. The second-order valence-corrected chi connectivity index (χ2v) is 3.79. The van der Waals surface area contributed by atoms with Crippen LogP contribution in [0, 0.1) is 0 Å². The third kappa shape index (κ3) is 3.22. The van der Waals surface area contributed by atoms with Gasteiger partial charge in [0.25, 0.3) is 5.56 Å². The molecule has 0 bridgehead atoms. The summed E-state index contributed by atoms with van der Waals surface area (Å²) in [5.41, 5.74) is 1.34. The highest BCUT2D eigenvalue weighted by Gasteiger charge is 2.01. The fraction of sp³-hybridized carbons (Fsp3) is 0.143. The number of benzene rings is 1. The van der Waals surface area contributed by atoms with Crippen molar-refractivity contribution in [1.29, 1.82) is 0 Å². The minimum absolute atomic E-state index is 0.223. The van der Waals surface area contributed by atoms with Gasteiger partial charge in [0.1, 0.15) is 11.5 Å². The molecule has 0 saturated carbocycles. The lowest BCUT2D eigenvalue weighted by atomic mass is 10.1. The number of aromatic amines is 1. The highest BCUT2D eigenvalue weighted by molar-refractivity contribution is 5.71. The van der Waals surface area contributed by atoms with Crippen LogP contribution >= 0.6 is 0 Å². The Morgan fingerprint density at radius 2 is 1.95 bits per heavy atom. The number of H-pyrrole nitrogens is 1. The van der Waals surface area contributed by atoms with Gasteiger partial charge in [-0.25, -0.2) is 5.10 Å². The summed E-state index contributed by atoms with van der Waals surface area (Å²) in [6, 6.07) is 8.62. The standard InChI is InChI=1S/C14H14N2O3/c1-18-12-7-4-10(13(9-12)19-2)3-5-11-6-8-14(17)16-15-11/h3-9H,1-2H3,(H,16,17). The molecule has 0 amide bonds. The molecule has 1 aromatic heterocycles. The zero-order chi connectivity index (χ0) is 13.7. The SMILES string of the molecule is COc1ccc(C=Cc2ccc(=O)[nH]n2)c(OC)c1. The second-order valence-electron chi connectivity index (χ2n) is 3.79. The van der Waals surface area contributed by atoms with E-state index in [-0.39, 0.29) is 5.56 Å². The number of aromatic nitrogens is 2. The molecule has 5 nitrogen and oxygen atoms in total. The van der Waals surface area contributed by atoms with Gasteiger partial charge in [-0.05, 0) is 30.4 Å². The van der Waals surface area contributed by atoms with Gasteiger partial charge in [-0.2, -0.15) is 5.10 Å². The molecule has 2 aromatic rings. The summed E-state index contributed by atoms with van der Waals surface area (Å²) in [6.45, 7) is 0. The van der Waals surface area contributed by atoms with Gasteiger partial charge in [0.05, 0.1) is 19.9 Å². The van der Waals surface area contributed by atoms with Crippen molar-refractivity contribution in [2.75, 3.05) is 14.2 Å². The molecule has 1 N–H and O–H groups in total. The van der Waals surface area contributed by atoms with Gasteiger partial charge in [-0.15, -0.1) is 0 Å². The van der Waals surface area contributed by atoms with Crippen molar-refractivity contribution in [3.63, 3.8) is 0 Å². The fourth-order valence-corrected chi connectivity index (χ4v) is 1.58. The zero-order valence-electron chi connectivity index (χ0n) is 10.7. The highest BCUT2D eigenvalue weighted by Crippen LogP contribution is 2.25. The summed E-state index contributed by atoms with van der Waals surface area (Å²) in [7, 11) is 3.21. The van der Waals surface area contributed by atoms with Crippen molar-refractivity contribution in [1.82, 2.24) is 10.2 Å². The van der Waals surface area contributed by atoms with E-state index in [1.807, 2.05) is 18.2 Å². The van der Waals surface area contributed by atoms with Crippen LogP contribution in [0.15, 0.2) is 35.1 Å². The highest BCUT2D eigenvalue weighted by atomic mass is 16.5. The van der Waals surface area contributed by atoms with Crippen molar-refractivity contribution in [2.45, 2.75) is 0 Å². The third-order valence-electron chi connectivity index (χ3n) is 2.57. The van der Waals surface area contributed by atoms with Gasteiger partial charge in [-0.1, -0.05) is 0 Å². The maximum Gasteiger partial charge on any atom is 0.264 e. The molecule has 0 radical (unpaired) electrons. The van der Waals surface area contributed by atoms with E-state index in [1.165, 1.54) is 6.07 Å². The quantitative estimate of drug-likeness (QED) is 0.910. The Bertz CT molecular complexity index is 627. The van der Waals surface area contributed by atoms with Crippen molar-refractivity contribution in [2.24, 2.45) is 0 Å². The first kappa shape index (κ1) is 12.9. The smallest absolute Gasteiger partial charge is 0.264 e. The van der Waals surface area contributed by atoms with E-state index in [4.69, 9.17) is 9.47 Å². The molecular weight excluding hydrogens is 244 g/mol. The average Bonchev–Trinajstić information content (AvgIpc) is 2.46. The molecule has 0 spiro atoms. The largest absolute Gasteiger partial charge is 0.497 e. The summed E-state index contributed by atoms with van der Waals surface area (Å²) >= 11 is 0. The molecule has 0 unspecified atom stereocenters. The Morgan fingerprint density at radius 1 is 1.11 bits per heavy atom. The summed E-state index contributed by atoms with van der Waals surface area (Å²) in [5, 5.41) is 6.27. The van der Waals surface area contributed by atoms with Crippen molar-refractivity contribution in [3.05, 3.63) is 51.9 Å². The lowest BCUT2D eigenvalue weighted by molar-refractivity contribution is 0.394. The Morgan fingerprint density at radius 3 is 2.58 bits per heavy atom. The maximum absolute atomic E-state index is 10.9. The van der Waals surface area contributed by atoms with Gasteiger partial charge in [-0.3, -0.25) is 4.79 Å². The summed E-state index contributed by atoms with van der Waals surface area (Å²) < 4.78 is 10.4. The Balaban J connectivity index is 2.27. The molecular formula is C14H14N2O3. The van der Waals surface area contributed by atoms with Crippen LogP contribution in [0.4, 0.5) is 0 Å². The van der Waals surface area contributed by atoms with Crippen LogP contribution in [0.25, 0.3) is 12.2 Å². The van der Waals surface area contributed by atoms with Crippen molar-refractivity contribution >= 4 is 12.2 Å². The normalized spacial score (nSPS) is 10.6. The molecule has 5 heteroatoms. The topological polar surface area (TPSA) is 64.2 Å². The van der Waals surface area contributed by atoms with E-state index in [0.29, 0.717) is 11.4 Å². The Labute approximate surface area is 110 Å². The summed E-state index contributed by atoms with van der Waals surface area (Å²) in [5.74, 6) is 1.44. The lowest BCUT2D eigenvalue weighted by Gasteiger charge is -2.07. The van der Waals surface area contributed by atoms with E-state index < -0.39 is 0 Å². The molecule has 1 heterocycles. The number of ether oxygens (including phenoxy) is 2. The van der Waals surface area contributed by atoms with E-state index in [0.717, 1.165) is 11.3 Å².